The number of aromatic hydroxyl groups is 1. The van der Waals surface area contributed by atoms with Gasteiger partial charge in [-0.05, 0) is 73.8 Å². The standard InChI is InChI=1S/C6H2ClI3O/c7-4-2(8)1-3(9)6(11)5(4)10/h1,11H. The third-order valence-electron chi connectivity index (χ3n) is 1.09. The molecule has 0 bridgehead atoms. The predicted molar refractivity (Wildman–Crippen MR) is 71.3 cm³/mol. The number of phenolic OH excluding ortho intramolecular Hbond substituents is 1. The zero-order valence-electron chi connectivity index (χ0n) is 5.04. The van der Waals surface area contributed by atoms with Crippen molar-refractivity contribution in [3.63, 3.8) is 0 Å². The van der Waals surface area contributed by atoms with E-state index in [1.807, 2.05) is 28.7 Å². The van der Waals surface area contributed by atoms with Crippen LogP contribution in [0.25, 0.3) is 0 Å². The Bertz CT molecular complexity index is 274. The number of hydrogen-bond donors (Lipinski definition) is 1. The lowest BCUT2D eigenvalue weighted by atomic mass is 10.3. The van der Waals surface area contributed by atoms with Crippen LogP contribution < -0.4 is 0 Å². The molecule has 0 aromatic heterocycles. The van der Waals surface area contributed by atoms with Crippen molar-refractivity contribution in [2.24, 2.45) is 0 Å². The van der Waals surface area contributed by atoms with E-state index in [2.05, 4.69) is 45.2 Å². The zero-order valence-corrected chi connectivity index (χ0v) is 12.3. The van der Waals surface area contributed by atoms with Crippen LogP contribution in [-0.4, -0.2) is 5.11 Å². The lowest BCUT2D eigenvalue weighted by Gasteiger charge is -2.03. The maximum Gasteiger partial charge on any atom is 0.143 e. The lowest BCUT2D eigenvalue weighted by molar-refractivity contribution is 0.467. The Balaban J connectivity index is 3.46. The Labute approximate surface area is 110 Å². The summed E-state index contributed by atoms with van der Waals surface area (Å²) < 4.78 is 2.53. The number of phenols is 1. The zero-order chi connectivity index (χ0) is 8.59. The topological polar surface area (TPSA) is 20.2 Å². The SMILES string of the molecule is Oc1c(I)cc(I)c(Cl)c1I. The Kier molecular flexibility index (Phi) is 3.98. The highest BCUT2D eigenvalue weighted by Crippen LogP contribution is 2.35. The van der Waals surface area contributed by atoms with E-state index in [-0.39, 0.29) is 5.75 Å². The molecule has 1 N–H and O–H groups in total. The molecule has 1 aromatic rings. The summed E-state index contributed by atoms with van der Waals surface area (Å²) in [6.07, 6.45) is 0. The molecular weight excluding hydrogens is 504 g/mol. The van der Waals surface area contributed by atoms with Gasteiger partial charge in [-0.15, -0.1) is 0 Å². The predicted octanol–water partition coefficient (Wildman–Crippen LogP) is 3.86. The lowest BCUT2D eigenvalue weighted by Crippen LogP contribution is -1.84. The highest BCUT2D eigenvalue weighted by molar-refractivity contribution is 14.1. The van der Waals surface area contributed by atoms with E-state index in [9.17, 15) is 5.11 Å². The number of hydrogen-bond acceptors (Lipinski definition) is 1. The van der Waals surface area contributed by atoms with Gasteiger partial charge in [-0.3, -0.25) is 0 Å². The summed E-state index contributed by atoms with van der Waals surface area (Å²) in [4.78, 5) is 0. The van der Waals surface area contributed by atoms with Crippen molar-refractivity contribution in [1.29, 1.82) is 0 Å². The fourth-order valence-corrected chi connectivity index (χ4v) is 4.07. The molecular formula is C6H2ClI3O. The second-order valence-electron chi connectivity index (χ2n) is 1.82. The first kappa shape index (κ1) is 10.6. The average Bonchev–Trinajstić information content (AvgIpc) is 1.97. The van der Waals surface area contributed by atoms with Crippen LogP contribution in [0.2, 0.25) is 5.02 Å². The van der Waals surface area contributed by atoms with Gasteiger partial charge >= 0.3 is 0 Å². The van der Waals surface area contributed by atoms with Gasteiger partial charge in [-0.25, -0.2) is 0 Å². The van der Waals surface area contributed by atoms with E-state index >= 15 is 0 Å². The Hall–Kier alpha value is 1.50. The average molecular weight is 506 g/mol. The monoisotopic (exact) mass is 506 g/mol. The van der Waals surface area contributed by atoms with Crippen molar-refractivity contribution in [1.82, 2.24) is 0 Å². The van der Waals surface area contributed by atoms with Gasteiger partial charge in [-0.1, -0.05) is 11.6 Å². The minimum absolute atomic E-state index is 0.275. The molecule has 0 unspecified atom stereocenters. The molecule has 60 valence electrons. The van der Waals surface area contributed by atoms with Gasteiger partial charge in [0.1, 0.15) is 5.75 Å². The molecule has 0 heterocycles. The molecule has 1 aromatic carbocycles. The van der Waals surface area contributed by atoms with Crippen LogP contribution in [0, 0.1) is 10.7 Å². The molecule has 0 aliphatic rings. The van der Waals surface area contributed by atoms with E-state index in [0.717, 1.165) is 10.7 Å². The van der Waals surface area contributed by atoms with Gasteiger partial charge < -0.3 is 5.11 Å². The molecule has 0 amide bonds. The maximum atomic E-state index is 9.41. The quantitative estimate of drug-likeness (QED) is 0.322. The fraction of sp³-hybridized carbons (Fsp3) is 0. The molecule has 0 saturated heterocycles. The van der Waals surface area contributed by atoms with Crippen LogP contribution in [0.3, 0.4) is 0 Å². The third kappa shape index (κ3) is 2.25. The first-order valence-electron chi connectivity index (χ1n) is 2.56. The van der Waals surface area contributed by atoms with E-state index in [1.165, 1.54) is 0 Å². The van der Waals surface area contributed by atoms with Crippen molar-refractivity contribution in [2.75, 3.05) is 0 Å². The van der Waals surface area contributed by atoms with Crippen LogP contribution in [0.5, 0.6) is 5.75 Å². The van der Waals surface area contributed by atoms with E-state index in [1.54, 1.807) is 0 Å². The largest absolute Gasteiger partial charge is 0.506 e. The Morgan fingerprint density at radius 2 is 1.73 bits per heavy atom. The minimum Gasteiger partial charge on any atom is -0.506 e. The Morgan fingerprint density at radius 1 is 1.18 bits per heavy atom. The molecule has 0 aliphatic heterocycles. The highest BCUT2D eigenvalue weighted by atomic mass is 127. The molecule has 0 fully saturated rings. The highest BCUT2D eigenvalue weighted by Gasteiger charge is 2.10. The summed E-state index contributed by atoms with van der Waals surface area (Å²) in [5.74, 6) is 0.275. The normalized spacial score (nSPS) is 10.2. The van der Waals surface area contributed by atoms with Crippen LogP contribution in [0.15, 0.2) is 6.07 Å². The van der Waals surface area contributed by atoms with E-state index in [0.29, 0.717) is 5.02 Å². The molecule has 0 radical (unpaired) electrons. The Morgan fingerprint density at radius 3 is 2.27 bits per heavy atom. The number of halogens is 4. The van der Waals surface area contributed by atoms with Gasteiger partial charge in [0.05, 0.1) is 12.2 Å². The van der Waals surface area contributed by atoms with E-state index < -0.39 is 0 Å². The summed E-state index contributed by atoms with van der Waals surface area (Å²) in [7, 11) is 0. The van der Waals surface area contributed by atoms with Gasteiger partial charge in [0.25, 0.3) is 0 Å². The minimum atomic E-state index is 0.275. The first-order chi connectivity index (χ1) is 5.04. The molecule has 0 spiro atoms. The van der Waals surface area contributed by atoms with Crippen LogP contribution in [0.1, 0.15) is 0 Å². The van der Waals surface area contributed by atoms with Gasteiger partial charge in [0.2, 0.25) is 0 Å². The van der Waals surface area contributed by atoms with Gasteiger partial charge in [0, 0.05) is 3.57 Å². The second kappa shape index (κ2) is 4.14. The number of rotatable bonds is 0. The van der Waals surface area contributed by atoms with Crippen molar-refractivity contribution < 1.29 is 5.11 Å². The maximum absolute atomic E-state index is 9.41. The molecule has 1 rings (SSSR count). The summed E-state index contributed by atoms with van der Waals surface area (Å²) in [5, 5.41) is 10.0. The van der Waals surface area contributed by atoms with Crippen molar-refractivity contribution in [3.8, 4) is 5.75 Å². The molecule has 1 nitrogen and oxygen atoms in total. The summed E-state index contributed by atoms with van der Waals surface area (Å²) in [5.41, 5.74) is 0. The number of benzene rings is 1. The van der Waals surface area contributed by atoms with Crippen LogP contribution in [-0.2, 0) is 0 Å². The molecule has 11 heavy (non-hydrogen) atoms. The van der Waals surface area contributed by atoms with E-state index in [4.69, 9.17) is 11.6 Å². The van der Waals surface area contributed by atoms with Crippen molar-refractivity contribution in [3.05, 3.63) is 21.8 Å². The van der Waals surface area contributed by atoms with Crippen LogP contribution >= 0.6 is 79.4 Å². The summed E-state index contributed by atoms with van der Waals surface area (Å²) in [6.45, 7) is 0. The van der Waals surface area contributed by atoms with Gasteiger partial charge in [0.15, 0.2) is 0 Å². The smallest absolute Gasteiger partial charge is 0.143 e. The fourth-order valence-electron chi connectivity index (χ4n) is 0.557. The third-order valence-corrected chi connectivity index (χ3v) is 4.84. The second-order valence-corrected chi connectivity index (χ2v) is 5.60. The van der Waals surface area contributed by atoms with Crippen molar-refractivity contribution >= 4 is 79.4 Å². The summed E-state index contributed by atoms with van der Waals surface area (Å²) in [6, 6.07) is 1.85. The molecule has 5 heteroatoms. The summed E-state index contributed by atoms with van der Waals surface area (Å²) >= 11 is 12.1. The van der Waals surface area contributed by atoms with Crippen molar-refractivity contribution in [2.45, 2.75) is 0 Å². The van der Waals surface area contributed by atoms with Crippen LogP contribution in [0.4, 0.5) is 0 Å². The molecule has 0 atom stereocenters. The molecule has 0 aliphatic carbocycles. The van der Waals surface area contributed by atoms with Gasteiger partial charge in [-0.2, -0.15) is 0 Å². The first-order valence-corrected chi connectivity index (χ1v) is 6.17. The molecule has 0 saturated carbocycles.